The monoisotopic (exact) mass is 263 g/mol. The number of rotatable bonds is 3. The third kappa shape index (κ3) is 2.61. The predicted molar refractivity (Wildman–Crippen MR) is 66.5 cm³/mol. The Balaban J connectivity index is 2.56. The normalized spacial score (nSPS) is 12.9. The van der Waals surface area contributed by atoms with Crippen molar-refractivity contribution in [2.75, 3.05) is 0 Å². The van der Waals surface area contributed by atoms with Gasteiger partial charge in [-0.05, 0) is 26.0 Å². The zero-order valence-electron chi connectivity index (χ0n) is 11.3. The van der Waals surface area contributed by atoms with Gasteiger partial charge in [-0.3, -0.25) is 0 Å². The Morgan fingerprint density at radius 3 is 2.84 bits per heavy atom. The van der Waals surface area contributed by atoms with Crippen LogP contribution in [0, 0.1) is 0 Å². The number of fused-ring (bicyclic) bond motifs is 1. The van der Waals surface area contributed by atoms with Crippen molar-refractivity contribution in [1.82, 2.24) is 0 Å². The van der Waals surface area contributed by atoms with E-state index in [1.165, 1.54) is 10.8 Å². The van der Waals surface area contributed by atoms with Gasteiger partial charge in [-0.1, -0.05) is 17.9 Å². The smallest absolute Gasteiger partial charge is 0.602 e. The molecule has 2 aromatic rings. The van der Waals surface area contributed by atoms with E-state index in [-0.39, 0.29) is 6.10 Å². The number of aromatic nitrogens is 1. The number of ether oxygens (including phenoxy) is 1. The van der Waals surface area contributed by atoms with Crippen molar-refractivity contribution in [2.24, 2.45) is 0 Å². The lowest BCUT2D eigenvalue weighted by Gasteiger charge is -2.17. The molecule has 0 bridgehead atoms. The van der Waals surface area contributed by atoms with E-state index in [2.05, 4.69) is 0 Å². The van der Waals surface area contributed by atoms with Crippen molar-refractivity contribution >= 4 is 17.1 Å². The third-order valence-electron chi connectivity index (χ3n) is 2.80. The van der Waals surface area contributed by atoms with Crippen LogP contribution < -0.4 is 9.67 Å². The van der Waals surface area contributed by atoms with E-state index in [0.717, 1.165) is 5.39 Å². The summed E-state index contributed by atoms with van der Waals surface area (Å²) in [5.74, 6) is 0. The van der Waals surface area contributed by atoms with Crippen LogP contribution in [0.5, 0.6) is 0 Å². The van der Waals surface area contributed by atoms with Crippen molar-refractivity contribution in [2.45, 2.75) is 39.4 Å². The Kier molecular flexibility index (Phi) is 3.85. The largest absolute Gasteiger partial charge is 0.844 e. The molecule has 2 heterocycles. The van der Waals surface area contributed by atoms with Gasteiger partial charge in [-0.25, -0.2) is 0 Å². The van der Waals surface area contributed by atoms with E-state index >= 15 is 0 Å². The van der Waals surface area contributed by atoms with Gasteiger partial charge in [-0.2, -0.15) is 4.79 Å². The van der Waals surface area contributed by atoms with Crippen molar-refractivity contribution in [3.63, 3.8) is 0 Å². The van der Waals surface area contributed by atoms with Crippen molar-refractivity contribution in [3.05, 3.63) is 30.3 Å². The molecule has 0 spiro atoms. The highest BCUT2D eigenvalue weighted by Gasteiger charge is 2.27. The van der Waals surface area contributed by atoms with Crippen LogP contribution in [0.3, 0.4) is 0 Å². The Labute approximate surface area is 111 Å². The summed E-state index contributed by atoms with van der Waals surface area (Å²) in [4.78, 5) is 12.0. The Hall–Kier alpha value is -1.88. The van der Waals surface area contributed by atoms with Gasteiger partial charge >= 0.3 is 6.09 Å². The molecule has 102 valence electrons. The molecular weight excluding hydrogens is 246 g/mol. The van der Waals surface area contributed by atoms with Crippen molar-refractivity contribution < 1.29 is 23.6 Å². The summed E-state index contributed by atoms with van der Waals surface area (Å²) in [6.07, 6.45) is 1.60. The Morgan fingerprint density at radius 1 is 1.47 bits per heavy atom. The van der Waals surface area contributed by atoms with Gasteiger partial charge in [0.2, 0.25) is 5.69 Å². The van der Waals surface area contributed by atoms with Crippen LogP contribution in [0.25, 0.3) is 11.0 Å². The maximum atomic E-state index is 12.1. The molecule has 0 aromatic carbocycles. The minimum atomic E-state index is -1.03. The highest BCUT2D eigenvalue weighted by Crippen LogP contribution is 2.22. The maximum Gasteiger partial charge on any atom is 0.602 e. The minimum Gasteiger partial charge on any atom is -0.844 e. The Morgan fingerprint density at radius 2 is 2.21 bits per heavy atom. The van der Waals surface area contributed by atoms with Crippen LogP contribution in [-0.2, 0) is 4.74 Å². The van der Waals surface area contributed by atoms with Crippen molar-refractivity contribution in [1.29, 1.82) is 0 Å². The zero-order valence-corrected chi connectivity index (χ0v) is 11.3. The molecule has 0 N–H and O–H groups in total. The first kappa shape index (κ1) is 13.5. The fourth-order valence-electron chi connectivity index (χ4n) is 1.92. The second-order valence-corrected chi connectivity index (χ2v) is 4.61. The molecule has 0 radical (unpaired) electrons. The number of hydrogen-bond donors (Lipinski definition) is 0. The number of pyridine rings is 1. The van der Waals surface area contributed by atoms with E-state index in [4.69, 9.17) is 9.15 Å². The van der Waals surface area contributed by atoms with Crippen LogP contribution in [-0.4, -0.2) is 12.2 Å². The molecule has 2 aromatic heterocycles. The summed E-state index contributed by atoms with van der Waals surface area (Å²) in [5, 5.41) is 12.9. The standard InChI is InChI=1S/C14H17NO4/c1-4-11(16)12-13-10(6-8-18-13)5-7-15(12)14(17)19-9(2)3/h5-9,11H,4H2,1-3H3. The summed E-state index contributed by atoms with van der Waals surface area (Å²) in [6.45, 7) is 5.30. The molecule has 0 fully saturated rings. The Bertz CT molecular complexity index is 588. The molecule has 0 amide bonds. The van der Waals surface area contributed by atoms with Gasteiger partial charge in [0.15, 0.2) is 11.8 Å². The molecule has 0 aliphatic heterocycles. The average molecular weight is 263 g/mol. The topological polar surface area (TPSA) is 66.4 Å². The van der Waals surface area contributed by atoms with Gasteiger partial charge in [0.25, 0.3) is 0 Å². The third-order valence-corrected chi connectivity index (χ3v) is 2.80. The van der Waals surface area contributed by atoms with Crippen LogP contribution in [0.2, 0.25) is 0 Å². The predicted octanol–water partition coefficient (Wildman–Crippen LogP) is 1.92. The average Bonchev–Trinajstić information content (AvgIpc) is 2.83. The molecule has 19 heavy (non-hydrogen) atoms. The van der Waals surface area contributed by atoms with E-state index in [9.17, 15) is 9.90 Å². The molecule has 0 saturated carbocycles. The van der Waals surface area contributed by atoms with Gasteiger partial charge in [-0.15, -0.1) is 0 Å². The number of carbonyl (C=O) groups is 1. The summed E-state index contributed by atoms with van der Waals surface area (Å²) in [5.41, 5.74) is 0.765. The first-order valence-corrected chi connectivity index (χ1v) is 6.33. The number of hydrogen-bond acceptors (Lipinski definition) is 4. The summed E-state index contributed by atoms with van der Waals surface area (Å²) in [7, 11) is 0. The molecule has 2 rings (SSSR count). The van der Waals surface area contributed by atoms with Crippen LogP contribution in [0.4, 0.5) is 4.79 Å². The maximum absolute atomic E-state index is 12.1. The summed E-state index contributed by atoms with van der Waals surface area (Å²) >= 11 is 0. The van der Waals surface area contributed by atoms with Crippen LogP contribution in [0.15, 0.2) is 29.0 Å². The van der Waals surface area contributed by atoms with Gasteiger partial charge < -0.3 is 14.3 Å². The minimum absolute atomic E-state index is 0.244. The molecule has 5 nitrogen and oxygen atoms in total. The molecule has 0 aliphatic rings. The second-order valence-electron chi connectivity index (χ2n) is 4.61. The summed E-state index contributed by atoms with van der Waals surface area (Å²) < 4.78 is 11.7. The fraction of sp³-hybridized carbons (Fsp3) is 0.429. The van der Waals surface area contributed by atoms with E-state index in [1.54, 1.807) is 39.1 Å². The first-order chi connectivity index (χ1) is 9.04. The number of carbonyl (C=O) groups excluding carboxylic acids is 1. The molecule has 0 saturated heterocycles. The lowest BCUT2D eigenvalue weighted by Crippen LogP contribution is -2.49. The molecule has 1 atom stereocenters. The second kappa shape index (κ2) is 5.40. The molecular formula is C14H17NO4. The molecule has 5 heteroatoms. The van der Waals surface area contributed by atoms with E-state index < -0.39 is 12.2 Å². The van der Waals surface area contributed by atoms with Crippen molar-refractivity contribution in [3.8, 4) is 0 Å². The fourth-order valence-corrected chi connectivity index (χ4v) is 1.92. The van der Waals surface area contributed by atoms with Crippen LogP contribution in [0.1, 0.15) is 39.0 Å². The lowest BCUT2D eigenvalue weighted by molar-refractivity contribution is -0.616. The zero-order chi connectivity index (χ0) is 14.0. The lowest BCUT2D eigenvalue weighted by atomic mass is 10.1. The SMILES string of the molecule is CCC([O-])c1c2occc2cc[n+]1C(=O)OC(C)C. The molecule has 0 aliphatic carbocycles. The van der Waals surface area contributed by atoms with Crippen LogP contribution >= 0.6 is 0 Å². The number of nitrogens with zero attached hydrogens (tertiary/aromatic N) is 1. The van der Waals surface area contributed by atoms with Gasteiger partial charge in [0, 0.05) is 11.5 Å². The van der Waals surface area contributed by atoms with Gasteiger partial charge in [0.1, 0.15) is 6.10 Å². The molecule has 1 unspecified atom stereocenters. The quantitative estimate of drug-likeness (QED) is 0.793. The van der Waals surface area contributed by atoms with Gasteiger partial charge in [0.05, 0.1) is 6.26 Å². The van der Waals surface area contributed by atoms with E-state index in [0.29, 0.717) is 17.7 Å². The first-order valence-electron chi connectivity index (χ1n) is 6.33. The number of furan rings is 1. The highest BCUT2D eigenvalue weighted by atomic mass is 16.6. The van der Waals surface area contributed by atoms with E-state index in [1.807, 2.05) is 0 Å². The highest BCUT2D eigenvalue weighted by molar-refractivity contribution is 5.79. The summed E-state index contributed by atoms with van der Waals surface area (Å²) in [6, 6.07) is 3.49.